The van der Waals surface area contributed by atoms with E-state index < -0.39 is 41.7 Å². The van der Waals surface area contributed by atoms with Gasteiger partial charge in [0.05, 0.1) is 23.9 Å². The fourth-order valence-corrected chi connectivity index (χ4v) is 4.26. The molecule has 3 aromatic carbocycles. The fourth-order valence-electron chi connectivity index (χ4n) is 3.91. The quantitative estimate of drug-likeness (QED) is 0.203. The molecule has 0 spiro atoms. The highest BCUT2D eigenvalue weighted by molar-refractivity contribution is 6.30. The highest BCUT2D eigenvalue weighted by atomic mass is 35.5. The first kappa shape index (κ1) is 25.8. The number of anilines is 1. The van der Waals surface area contributed by atoms with Gasteiger partial charge in [0.25, 0.3) is 5.91 Å². The standard InChI is InChI=1S/C25H17Cl2F4NO4/c1-35-21-9-7-17(27)11-19(21)24(28)18-8-6-16(25(29,30)31)10-20(18)32(23(24)34)13-36-22(33)15-4-2-14(12-26)3-5-15/h2-11H,12-13H2,1H3. The number of benzene rings is 3. The maximum Gasteiger partial charge on any atom is 0.416 e. The summed E-state index contributed by atoms with van der Waals surface area (Å²) >= 11 is 11.8. The lowest BCUT2D eigenvalue weighted by molar-refractivity contribution is -0.137. The first-order chi connectivity index (χ1) is 17.0. The van der Waals surface area contributed by atoms with Crippen molar-refractivity contribution in [3.8, 4) is 5.75 Å². The van der Waals surface area contributed by atoms with Crippen molar-refractivity contribution in [3.05, 3.63) is 93.5 Å². The number of amides is 1. The van der Waals surface area contributed by atoms with Crippen molar-refractivity contribution in [2.75, 3.05) is 18.7 Å². The second kappa shape index (κ2) is 9.63. The number of nitrogens with zero attached hydrogens (tertiary/aromatic N) is 1. The first-order valence-corrected chi connectivity index (χ1v) is 11.3. The van der Waals surface area contributed by atoms with Gasteiger partial charge in [-0.1, -0.05) is 29.8 Å². The number of esters is 1. The largest absolute Gasteiger partial charge is 0.496 e. The lowest BCUT2D eigenvalue weighted by atomic mass is 9.88. The summed E-state index contributed by atoms with van der Waals surface area (Å²) in [4.78, 5) is 26.6. The Morgan fingerprint density at radius 2 is 1.72 bits per heavy atom. The molecule has 36 heavy (non-hydrogen) atoms. The number of rotatable bonds is 6. The molecule has 0 aliphatic carbocycles. The number of fused-ring (bicyclic) bond motifs is 1. The molecular weight excluding hydrogens is 525 g/mol. The Morgan fingerprint density at radius 3 is 2.33 bits per heavy atom. The van der Waals surface area contributed by atoms with Gasteiger partial charge in [0.15, 0.2) is 6.73 Å². The van der Waals surface area contributed by atoms with Crippen LogP contribution < -0.4 is 9.64 Å². The molecule has 1 atom stereocenters. The summed E-state index contributed by atoms with van der Waals surface area (Å²) in [5.74, 6) is -1.95. The Morgan fingerprint density at radius 1 is 1.03 bits per heavy atom. The Hall–Kier alpha value is -3.30. The molecular formula is C25H17Cl2F4NO4. The molecule has 5 nitrogen and oxygen atoms in total. The summed E-state index contributed by atoms with van der Waals surface area (Å²) in [5.41, 5.74) is -4.27. The number of hydrogen-bond donors (Lipinski definition) is 0. The zero-order valence-corrected chi connectivity index (χ0v) is 20.0. The van der Waals surface area contributed by atoms with Crippen molar-refractivity contribution >= 4 is 40.8 Å². The third-order valence-electron chi connectivity index (χ3n) is 5.73. The van der Waals surface area contributed by atoms with Crippen LogP contribution in [0.25, 0.3) is 0 Å². The number of halogens is 6. The normalized spacial score (nSPS) is 17.2. The van der Waals surface area contributed by atoms with E-state index in [9.17, 15) is 22.8 Å². The van der Waals surface area contributed by atoms with Crippen molar-refractivity contribution in [1.29, 1.82) is 0 Å². The number of ether oxygens (including phenoxy) is 2. The molecule has 0 bridgehead atoms. The van der Waals surface area contributed by atoms with Gasteiger partial charge >= 0.3 is 12.1 Å². The van der Waals surface area contributed by atoms with E-state index in [1.165, 1.54) is 31.4 Å². The molecule has 188 valence electrons. The Labute approximate surface area is 213 Å². The number of carbonyl (C=O) groups excluding carboxylic acids is 2. The lowest BCUT2D eigenvalue weighted by Crippen LogP contribution is -2.40. The van der Waals surface area contributed by atoms with Gasteiger partial charge in [-0.05, 0) is 48.0 Å². The van der Waals surface area contributed by atoms with Gasteiger partial charge in [0.1, 0.15) is 5.75 Å². The molecule has 3 aromatic rings. The summed E-state index contributed by atoms with van der Waals surface area (Å²) in [6, 6.07) is 12.2. The van der Waals surface area contributed by atoms with Crippen molar-refractivity contribution in [1.82, 2.24) is 0 Å². The Kier molecular flexibility index (Phi) is 6.90. The van der Waals surface area contributed by atoms with E-state index in [0.29, 0.717) is 17.0 Å². The van der Waals surface area contributed by atoms with E-state index in [1.54, 1.807) is 12.1 Å². The van der Waals surface area contributed by atoms with E-state index in [1.807, 2.05) is 0 Å². The second-order valence-electron chi connectivity index (χ2n) is 7.86. The van der Waals surface area contributed by atoms with Crippen LogP contribution in [0.2, 0.25) is 5.02 Å². The molecule has 0 fully saturated rings. The summed E-state index contributed by atoms with van der Waals surface area (Å²) in [6.45, 7) is -0.836. The van der Waals surface area contributed by atoms with Crippen molar-refractivity contribution < 1.29 is 36.6 Å². The fraction of sp³-hybridized carbons (Fsp3) is 0.200. The average molecular weight is 542 g/mol. The summed E-state index contributed by atoms with van der Waals surface area (Å²) < 4.78 is 67.4. The average Bonchev–Trinajstić information content (AvgIpc) is 3.08. The van der Waals surface area contributed by atoms with Crippen LogP contribution in [0, 0.1) is 0 Å². The molecule has 1 aliphatic heterocycles. The Balaban J connectivity index is 1.76. The smallest absolute Gasteiger partial charge is 0.416 e. The summed E-state index contributed by atoms with van der Waals surface area (Å²) in [6.07, 6.45) is -4.76. The summed E-state index contributed by atoms with van der Waals surface area (Å²) in [7, 11) is 1.25. The van der Waals surface area contributed by atoms with Crippen LogP contribution in [0.15, 0.2) is 60.7 Å². The molecule has 1 aliphatic rings. The van der Waals surface area contributed by atoms with Crippen LogP contribution in [0.1, 0.15) is 32.6 Å². The van der Waals surface area contributed by atoms with Crippen molar-refractivity contribution in [2.24, 2.45) is 0 Å². The van der Waals surface area contributed by atoms with Gasteiger partial charge < -0.3 is 9.47 Å². The molecule has 4 rings (SSSR count). The van der Waals surface area contributed by atoms with Crippen molar-refractivity contribution in [2.45, 2.75) is 17.7 Å². The lowest BCUT2D eigenvalue weighted by Gasteiger charge is -2.23. The third-order valence-corrected chi connectivity index (χ3v) is 6.27. The SMILES string of the molecule is COc1ccc(Cl)cc1C1(F)C(=O)N(COC(=O)c2ccc(CCl)cc2)c2cc(C(F)(F)F)ccc21. The van der Waals surface area contributed by atoms with Gasteiger partial charge in [0, 0.05) is 22.0 Å². The summed E-state index contributed by atoms with van der Waals surface area (Å²) in [5, 5.41) is 0.0781. The minimum absolute atomic E-state index is 0.0423. The molecule has 0 saturated heterocycles. The predicted molar refractivity (Wildman–Crippen MR) is 125 cm³/mol. The maximum absolute atomic E-state index is 16.7. The maximum atomic E-state index is 16.7. The van der Waals surface area contributed by atoms with Crippen LogP contribution in [0.4, 0.5) is 23.2 Å². The van der Waals surface area contributed by atoms with Crippen molar-refractivity contribution in [3.63, 3.8) is 0 Å². The van der Waals surface area contributed by atoms with Gasteiger partial charge in [-0.3, -0.25) is 9.69 Å². The topological polar surface area (TPSA) is 55.8 Å². The molecule has 0 radical (unpaired) electrons. The van der Waals surface area contributed by atoms with Gasteiger partial charge in [-0.2, -0.15) is 13.2 Å². The minimum atomic E-state index is -4.76. The first-order valence-electron chi connectivity index (χ1n) is 10.4. The van der Waals surface area contributed by atoms with E-state index in [4.69, 9.17) is 32.7 Å². The van der Waals surface area contributed by atoms with Gasteiger partial charge in [0.2, 0.25) is 5.67 Å². The highest BCUT2D eigenvalue weighted by Gasteiger charge is 2.55. The monoisotopic (exact) mass is 541 g/mol. The zero-order chi connectivity index (χ0) is 26.3. The van der Waals surface area contributed by atoms with Crippen LogP contribution in [-0.2, 0) is 27.3 Å². The minimum Gasteiger partial charge on any atom is -0.496 e. The molecule has 0 saturated carbocycles. The molecule has 0 N–H and O–H groups in total. The predicted octanol–water partition coefficient (Wildman–Crippen LogP) is 6.48. The van der Waals surface area contributed by atoms with E-state index in [2.05, 4.69) is 0 Å². The van der Waals surface area contributed by atoms with Gasteiger partial charge in [-0.25, -0.2) is 9.18 Å². The molecule has 11 heteroatoms. The third kappa shape index (κ3) is 4.49. The van der Waals surface area contributed by atoms with Crippen LogP contribution in [-0.4, -0.2) is 25.7 Å². The number of hydrogen-bond acceptors (Lipinski definition) is 4. The van der Waals surface area contributed by atoms with Crippen LogP contribution >= 0.6 is 23.2 Å². The molecule has 1 amide bonds. The van der Waals surface area contributed by atoms with Crippen LogP contribution in [0.3, 0.4) is 0 Å². The number of methoxy groups -OCH3 is 1. The zero-order valence-electron chi connectivity index (χ0n) is 18.5. The second-order valence-corrected chi connectivity index (χ2v) is 8.56. The number of carbonyl (C=O) groups is 2. The highest BCUT2D eigenvalue weighted by Crippen LogP contribution is 2.51. The van der Waals surface area contributed by atoms with E-state index >= 15 is 4.39 Å². The van der Waals surface area contributed by atoms with E-state index in [-0.39, 0.29) is 33.3 Å². The molecule has 0 aromatic heterocycles. The van der Waals surface area contributed by atoms with Crippen LogP contribution in [0.5, 0.6) is 5.75 Å². The molecule has 1 unspecified atom stereocenters. The Bertz CT molecular complexity index is 1330. The molecule has 1 heterocycles. The van der Waals surface area contributed by atoms with Gasteiger partial charge in [-0.15, -0.1) is 11.6 Å². The van der Waals surface area contributed by atoms with E-state index in [0.717, 1.165) is 17.7 Å². The number of alkyl halides is 5.